The van der Waals surface area contributed by atoms with E-state index >= 15 is 0 Å². The van der Waals surface area contributed by atoms with E-state index in [0.29, 0.717) is 18.3 Å². The zero-order chi connectivity index (χ0) is 19.5. The molecule has 2 atom stereocenters. The molecule has 27 heavy (non-hydrogen) atoms. The lowest BCUT2D eigenvalue weighted by molar-refractivity contribution is -0.0679. The Kier molecular flexibility index (Phi) is 10.4. The fourth-order valence-corrected chi connectivity index (χ4v) is 3.99. The summed E-state index contributed by atoms with van der Waals surface area (Å²) in [4.78, 5) is 9.34. The minimum atomic E-state index is 0.340. The first-order valence-electron chi connectivity index (χ1n) is 10.6. The highest BCUT2D eigenvalue weighted by Gasteiger charge is 2.23. The second-order valence-corrected chi connectivity index (χ2v) is 7.75. The summed E-state index contributed by atoms with van der Waals surface area (Å²) in [7, 11) is 3.61. The molecule has 2 fully saturated rings. The fourth-order valence-electron chi connectivity index (χ4n) is 3.99. The van der Waals surface area contributed by atoms with E-state index in [1.165, 1.54) is 0 Å². The average molecular weight is 385 g/mol. The van der Waals surface area contributed by atoms with Gasteiger partial charge >= 0.3 is 0 Å². The zero-order valence-electron chi connectivity index (χ0n) is 17.8. The average Bonchev–Trinajstić information content (AvgIpc) is 2.65. The van der Waals surface area contributed by atoms with Crippen LogP contribution in [-0.4, -0.2) is 101 Å². The van der Waals surface area contributed by atoms with Crippen molar-refractivity contribution in [3.05, 3.63) is 0 Å². The van der Waals surface area contributed by atoms with Crippen molar-refractivity contribution in [1.29, 1.82) is 0 Å². The molecular weight excluding hydrogens is 344 g/mol. The molecule has 0 saturated carbocycles. The minimum Gasteiger partial charge on any atom is -0.385 e. The standard InChI is InChI=1S/C20H40N4O3/c1-17-15-23(16-18(2)27-17)10-5-9-22-20(21-3)24-11-7-19(8-12-24)26-14-6-13-25-4/h17-19H,5-16H2,1-4H3,(H,21,22). The number of hydrogen-bond donors (Lipinski definition) is 1. The molecule has 0 aromatic carbocycles. The number of ether oxygens (including phenoxy) is 3. The molecule has 158 valence electrons. The first-order valence-corrected chi connectivity index (χ1v) is 10.6. The molecule has 0 aromatic rings. The number of likely N-dealkylation sites (tertiary alicyclic amines) is 1. The molecule has 2 saturated heterocycles. The Balaban J connectivity index is 1.59. The van der Waals surface area contributed by atoms with Gasteiger partial charge in [0, 0.05) is 66.6 Å². The zero-order valence-corrected chi connectivity index (χ0v) is 17.8. The number of methoxy groups -OCH3 is 1. The van der Waals surface area contributed by atoms with Crippen LogP contribution in [0, 0.1) is 0 Å². The van der Waals surface area contributed by atoms with E-state index in [4.69, 9.17) is 14.2 Å². The van der Waals surface area contributed by atoms with Gasteiger partial charge in [-0.3, -0.25) is 9.89 Å². The van der Waals surface area contributed by atoms with Crippen LogP contribution in [0.1, 0.15) is 39.5 Å². The fraction of sp³-hybridized carbons (Fsp3) is 0.950. The third-order valence-corrected chi connectivity index (χ3v) is 5.23. The largest absolute Gasteiger partial charge is 0.385 e. The van der Waals surface area contributed by atoms with Crippen LogP contribution in [0.25, 0.3) is 0 Å². The van der Waals surface area contributed by atoms with Gasteiger partial charge in [0.15, 0.2) is 5.96 Å². The molecule has 0 radical (unpaired) electrons. The Morgan fingerprint density at radius 1 is 1.11 bits per heavy atom. The molecule has 0 aliphatic carbocycles. The maximum Gasteiger partial charge on any atom is 0.193 e. The van der Waals surface area contributed by atoms with Gasteiger partial charge in [-0.25, -0.2) is 0 Å². The number of guanidine groups is 1. The van der Waals surface area contributed by atoms with Crippen LogP contribution in [0.5, 0.6) is 0 Å². The third-order valence-electron chi connectivity index (χ3n) is 5.23. The van der Waals surface area contributed by atoms with Gasteiger partial charge in [0.2, 0.25) is 0 Å². The first-order chi connectivity index (χ1) is 13.1. The molecule has 7 nitrogen and oxygen atoms in total. The smallest absolute Gasteiger partial charge is 0.193 e. The molecule has 2 aliphatic rings. The minimum absolute atomic E-state index is 0.340. The number of nitrogens with zero attached hydrogens (tertiary/aromatic N) is 3. The number of hydrogen-bond acceptors (Lipinski definition) is 5. The highest BCUT2D eigenvalue weighted by atomic mass is 16.5. The second kappa shape index (κ2) is 12.5. The second-order valence-electron chi connectivity index (χ2n) is 7.75. The Morgan fingerprint density at radius 2 is 1.81 bits per heavy atom. The van der Waals surface area contributed by atoms with Gasteiger partial charge in [-0.1, -0.05) is 0 Å². The highest BCUT2D eigenvalue weighted by molar-refractivity contribution is 5.79. The van der Waals surface area contributed by atoms with Crippen LogP contribution < -0.4 is 5.32 Å². The van der Waals surface area contributed by atoms with Crippen molar-refractivity contribution in [2.24, 2.45) is 4.99 Å². The monoisotopic (exact) mass is 384 g/mol. The summed E-state index contributed by atoms with van der Waals surface area (Å²) in [5.74, 6) is 1.02. The Morgan fingerprint density at radius 3 is 2.44 bits per heavy atom. The summed E-state index contributed by atoms with van der Waals surface area (Å²) in [5, 5.41) is 3.54. The quantitative estimate of drug-likeness (QED) is 0.370. The number of rotatable bonds is 9. The number of morpholine rings is 1. The maximum absolute atomic E-state index is 5.95. The summed E-state index contributed by atoms with van der Waals surface area (Å²) < 4.78 is 16.8. The van der Waals surface area contributed by atoms with Gasteiger partial charge in [0.05, 0.1) is 18.3 Å². The molecular formula is C20H40N4O3. The van der Waals surface area contributed by atoms with E-state index in [9.17, 15) is 0 Å². The molecule has 0 aromatic heterocycles. The van der Waals surface area contributed by atoms with Crippen LogP contribution >= 0.6 is 0 Å². The van der Waals surface area contributed by atoms with Crippen molar-refractivity contribution in [3.8, 4) is 0 Å². The lowest BCUT2D eigenvalue weighted by Gasteiger charge is -2.36. The predicted octanol–water partition coefficient (Wildman–Crippen LogP) is 1.58. The molecule has 0 bridgehead atoms. The molecule has 2 aliphatic heterocycles. The van der Waals surface area contributed by atoms with Crippen molar-refractivity contribution in [3.63, 3.8) is 0 Å². The van der Waals surface area contributed by atoms with E-state index in [0.717, 1.165) is 84.1 Å². The number of nitrogens with one attached hydrogen (secondary N) is 1. The molecule has 2 unspecified atom stereocenters. The van der Waals surface area contributed by atoms with Gasteiger partial charge in [-0.2, -0.15) is 0 Å². The predicted molar refractivity (Wildman–Crippen MR) is 109 cm³/mol. The number of aliphatic imine (C=N–C) groups is 1. The summed E-state index contributed by atoms with van der Waals surface area (Å²) in [5.41, 5.74) is 0. The molecule has 2 rings (SSSR count). The molecule has 0 spiro atoms. The molecule has 1 N–H and O–H groups in total. The number of piperidine rings is 1. The van der Waals surface area contributed by atoms with E-state index in [1.54, 1.807) is 7.11 Å². The summed E-state index contributed by atoms with van der Waals surface area (Å²) in [6.45, 7) is 12.1. The Labute approximate surface area is 165 Å². The lowest BCUT2D eigenvalue weighted by atomic mass is 10.1. The first kappa shape index (κ1) is 22.4. The van der Waals surface area contributed by atoms with Crippen molar-refractivity contribution in [1.82, 2.24) is 15.1 Å². The van der Waals surface area contributed by atoms with E-state index in [2.05, 4.69) is 34.0 Å². The van der Waals surface area contributed by atoms with Crippen LogP contribution in [0.2, 0.25) is 0 Å². The van der Waals surface area contributed by atoms with Crippen LogP contribution in [0.3, 0.4) is 0 Å². The molecule has 0 amide bonds. The van der Waals surface area contributed by atoms with Crippen LogP contribution in [0.15, 0.2) is 4.99 Å². The van der Waals surface area contributed by atoms with Crippen molar-refractivity contribution in [2.75, 3.05) is 66.6 Å². The third kappa shape index (κ3) is 8.34. The summed E-state index contributed by atoms with van der Waals surface area (Å²) in [6.07, 6.45) is 5.29. The summed E-state index contributed by atoms with van der Waals surface area (Å²) >= 11 is 0. The van der Waals surface area contributed by atoms with Gasteiger partial charge < -0.3 is 24.4 Å². The van der Waals surface area contributed by atoms with Crippen LogP contribution in [0.4, 0.5) is 0 Å². The highest BCUT2D eigenvalue weighted by Crippen LogP contribution is 2.14. The van der Waals surface area contributed by atoms with Crippen molar-refractivity contribution in [2.45, 2.75) is 57.8 Å². The van der Waals surface area contributed by atoms with Gasteiger partial charge in [-0.05, 0) is 39.5 Å². The molecule has 2 heterocycles. The Bertz CT molecular complexity index is 417. The van der Waals surface area contributed by atoms with Gasteiger partial charge in [0.25, 0.3) is 0 Å². The summed E-state index contributed by atoms with van der Waals surface area (Å²) in [6, 6.07) is 0. The van der Waals surface area contributed by atoms with Crippen molar-refractivity contribution >= 4 is 5.96 Å². The van der Waals surface area contributed by atoms with Crippen molar-refractivity contribution < 1.29 is 14.2 Å². The van der Waals surface area contributed by atoms with E-state index < -0.39 is 0 Å². The van der Waals surface area contributed by atoms with Gasteiger partial charge in [0.1, 0.15) is 0 Å². The topological polar surface area (TPSA) is 58.6 Å². The Hall–Kier alpha value is -0.890. The van der Waals surface area contributed by atoms with Gasteiger partial charge in [-0.15, -0.1) is 0 Å². The molecule has 7 heteroatoms. The maximum atomic E-state index is 5.95. The van der Waals surface area contributed by atoms with E-state index in [-0.39, 0.29) is 0 Å². The SMILES string of the molecule is CN=C(NCCCN1CC(C)OC(C)C1)N1CCC(OCCCOC)CC1. The lowest BCUT2D eigenvalue weighted by Crippen LogP contribution is -2.48. The van der Waals surface area contributed by atoms with Crippen LogP contribution in [-0.2, 0) is 14.2 Å². The normalized spacial score (nSPS) is 25.8. The van der Waals surface area contributed by atoms with E-state index in [1.807, 2.05) is 7.05 Å².